The summed E-state index contributed by atoms with van der Waals surface area (Å²) in [7, 11) is -4.05. The van der Waals surface area contributed by atoms with E-state index in [-0.39, 0.29) is 12.1 Å². The Kier molecular flexibility index (Phi) is 5.23. The highest BCUT2D eigenvalue weighted by atomic mass is 32.3. The molecule has 30 heavy (non-hydrogen) atoms. The number of aliphatic carboxylic acids is 1. The Labute approximate surface area is 175 Å². The molecule has 1 aromatic heterocycles. The summed E-state index contributed by atoms with van der Waals surface area (Å²) in [5, 5.41) is 13.4. The molecule has 2 aromatic rings. The van der Waals surface area contributed by atoms with Crippen molar-refractivity contribution in [1.29, 1.82) is 0 Å². The van der Waals surface area contributed by atoms with Gasteiger partial charge >= 0.3 is 5.97 Å². The van der Waals surface area contributed by atoms with Crippen molar-refractivity contribution < 1.29 is 31.6 Å². The van der Waals surface area contributed by atoms with Crippen molar-refractivity contribution in [2.75, 3.05) is 0 Å². The molecule has 2 heterocycles. The van der Waals surface area contributed by atoms with E-state index in [1.807, 2.05) is 0 Å². The fourth-order valence-electron chi connectivity index (χ4n) is 3.91. The summed E-state index contributed by atoms with van der Waals surface area (Å²) in [6, 6.07) is 9.96. The minimum absolute atomic E-state index is 0.0896. The van der Waals surface area contributed by atoms with E-state index in [4.69, 9.17) is 0 Å². The average molecular weight is 456 g/mol. The number of hydrogen-bond donors (Lipinski definition) is 2. The van der Waals surface area contributed by atoms with E-state index in [0.717, 1.165) is 23.4 Å². The van der Waals surface area contributed by atoms with Gasteiger partial charge in [-0.25, -0.2) is 17.2 Å². The zero-order valence-corrected chi connectivity index (χ0v) is 17.3. The monoisotopic (exact) mass is 456 g/mol. The van der Waals surface area contributed by atoms with Crippen LogP contribution in [-0.2, 0) is 14.8 Å². The number of carbonyl (C=O) groups is 1. The van der Waals surface area contributed by atoms with Crippen molar-refractivity contribution in [1.82, 2.24) is 9.88 Å². The van der Waals surface area contributed by atoms with Gasteiger partial charge in [0.25, 0.3) is 6.43 Å². The van der Waals surface area contributed by atoms with Crippen LogP contribution in [0.1, 0.15) is 42.7 Å². The molecule has 11 heteroatoms. The largest absolute Gasteiger partial charge is 0.480 e. The maximum atomic E-state index is 13.0. The van der Waals surface area contributed by atoms with Crippen LogP contribution in [0.5, 0.6) is 0 Å². The summed E-state index contributed by atoms with van der Waals surface area (Å²) < 4.78 is 57.4. The van der Waals surface area contributed by atoms with E-state index >= 15 is 0 Å². The van der Waals surface area contributed by atoms with Gasteiger partial charge in [0.1, 0.15) is 15.8 Å². The number of benzene rings is 1. The second-order valence-corrected chi connectivity index (χ2v) is 10.7. The maximum absolute atomic E-state index is 13.0. The first-order valence-corrected chi connectivity index (χ1v) is 11.5. The van der Waals surface area contributed by atoms with Crippen LogP contribution >= 0.6 is 11.8 Å². The molecule has 4 rings (SSSR count). The Morgan fingerprint density at radius 2 is 2.07 bits per heavy atom. The van der Waals surface area contributed by atoms with Gasteiger partial charge in [-0.15, -0.1) is 11.8 Å². The van der Waals surface area contributed by atoms with Crippen LogP contribution in [-0.4, -0.2) is 34.8 Å². The van der Waals surface area contributed by atoms with E-state index < -0.39 is 50.1 Å². The molecule has 2 unspecified atom stereocenters. The number of rotatable bonds is 7. The molecule has 1 fully saturated rings. The smallest absolute Gasteiger partial charge is 0.325 e. The van der Waals surface area contributed by atoms with Crippen LogP contribution in [0.2, 0.25) is 0 Å². The molecule has 4 atom stereocenters. The number of sulfonamides is 1. The number of nitrogens with zero attached hydrogens (tertiary/aromatic N) is 1. The summed E-state index contributed by atoms with van der Waals surface area (Å²) in [6.45, 7) is 1.70. The van der Waals surface area contributed by atoms with Gasteiger partial charge in [0, 0.05) is 16.9 Å². The van der Waals surface area contributed by atoms with Crippen LogP contribution in [0.4, 0.5) is 8.78 Å². The fourth-order valence-corrected chi connectivity index (χ4v) is 7.11. The summed E-state index contributed by atoms with van der Waals surface area (Å²) >= 11 is 0.925. The lowest BCUT2D eigenvalue weighted by molar-refractivity contribution is -0.140. The number of halogens is 2. The molecule has 1 aliphatic heterocycles. The van der Waals surface area contributed by atoms with E-state index in [1.165, 1.54) is 0 Å². The molecular weight excluding hydrogens is 438 g/mol. The van der Waals surface area contributed by atoms with Gasteiger partial charge in [0.15, 0.2) is 0 Å². The lowest BCUT2D eigenvalue weighted by atomic mass is 10.1. The molecule has 0 bridgehead atoms. The van der Waals surface area contributed by atoms with Crippen LogP contribution in [0.3, 0.4) is 0 Å². The maximum Gasteiger partial charge on any atom is 0.325 e. The van der Waals surface area contributed by atoms with Crippen molar-refractivity contribution in [2.45, 2.75) is 35.8 Å². The minimum atomic E-state index is -4.05. The zero-order valence-electron chi connectivity index (χ0n) is 15.7. The lowest BCUT2D eigenvalue weighted by Gasteiger charge is -2.19. The first-order chi connectivity index (χ1) is 14.2. The van der Waals surface area contributed by atoms with Crippen LogP contribution < -0.4 is 4.72 Å². The summed E-state index contributed by atoms with van der Waals surface area (Å²) in [5.74, 6) is -2.76. The number of nitrogens with one attached hydrogen (secondary N) is 1. The second-order valence-electron chi connectivity index (χ2n) is 7.26. The quantitative estimate of drug-likeness (QED) is 0.655. The van der Waals surface area contributed by atoms with Crippen LogP contribution in [0.25, 0.3) is 4.91 Å². The molecule has 0 spiro atoms. The van der Waals surface area contributed by atoms with Gasteiger partial charge in [-0.3, -0.25) is 4.79 Å². The van der Waals surface area contributed by atoms with Crippen molar-refractivity contribution in [3.63, 3.8) is 0 Å². The first-order valence-electron chi connectivity index (χ1n) is 9.10. The van der Waals surface area contributed by atoms with E-state index in [9.17, 15) is 27.1 Å². The highest BCUT2D eigenvalue weighted by Crippen LogP contribution is 2.58. The standard InChI is InChI=1S/C19H18F2N2O5S2/c1-10-16(11-5-3-2-4-6-11)19(10,18(24)25)23-30(26,27)15-8-7-14(29-15)12-9-13(17(20)21)28-22-12/h2-7,9-10,15-17,23H,8H2,1H3,(H,24,25)/t10?,15?,16-,19+/m0/s1. The van der Waals surface area contributed by atoms with Crippen molar-refractivity contribution >= 4 is 32.7 Å². The normalized spacial score (nSPS) is 28.5. The van der Waals surface area contributed by atoms with E-state index in [2.05, 4.69) is 14.4 Å². The highest BCUT2D eigenvalue weighted by molar-refractivity contribution is 8.18. The third-order valence-corrected chi connectivity index (χ3v) is 9.16. The fraction of sp³-hybridized carbons (Fsp3) is 0.368. The Hall–Kier alpha value is -2.24. The van der Waals surface area contributed by atoms with Crippen LogP contribution in [0, 0.1) is 5.92 Å². The Balaban J connectivity index is 1.52. The van der Waals surface area contributed by atoms with Gasteiger partial charge in [-0.1, -0.05) is 48.5 Å². The molecule has 0 amide bonds. The van der Waals surface area contributed by atoms with Crippen LogP contribution in [0.15, 0.2) is 47.0 Å². The molecular formula is C19H18F2N2O5S2. The van der Waals surface area contributed by atoms with Gasteiger partial charge in [0.2, 0.25) is 15.8 Å². The van der Waals surface area contributed by atoms with Crippen molar-refractivity contribution in [3.8, 4) is 0 Å². The third kappa shape index (κ3) is 3.44. The number of hydrogen-bond acceptors (Lipinski definition) is 6. The SMILES string of the molecule is CC1[C@@H](c2ccccc2)[C@@]1(NS(=O)(=O)C1CC=C(c2cc(C(F)F)on2)S1)C(=O)O. The molecule has 0 saturated heterocycles. The zero-order chi connectivity index (χ0) is 21.7. The number of aromatic nitrogens is 1. The minimum Gasteiger partial charge on any atom is -0.480 e. The summed E-state index contributed by atoms with van der Waals surface area (Å²) in [4.78, 5) is 12.5. The molecule has 2 N–H and O–H groups in total. The lowest BCUT2D eigenvalue weighted by Crippen LogP contribution is -2.48. The van der Waals surface area contributed by atoms with E-state index in [0.29, 0.717) is 4.91 Å². The predicted molar refractivity (Wildman–Crippen MR) is 106 cm³/mol. The van der Waals surface area contributed by atoms with Gasteiger partial charge in [-0.2, -0.15) is 4.72 Å². The summed E-state index contributed by atoms with van der Waals surface area (Å²) in [5.41, 5.74) is -0.752. The first kappa shape index (κ1) is 21.0. The number of thioether (sulfide) groups is 1. The van der Waals surface area contributed by atoms with Crippen molar-refractivity contribution in [2.24, 2.45) is 5.92 Å². The van der Waals surface area contributed by atoms with Gasteiger partial charge < -0.3 is 9.63 Å². The number of alkyl halides is 2. The number of carboxylic acid groups (broad SMARTS) is 1. The Morgan fingerprint density at radius 1 is 1.37 bits per heavy atom. The number of allylic oxidation sites excluding steroid dienone is 1. The molecule has 1 aliphatic carbocycles. The topological polar surface area (TPSA) is 110 Å². The molecule has 1 saturated carbocycles. The Morgan fingerprint density at radius 3 is 2.67 bits per heavy atom. The molecule has 1 aromatic carbocycles. The third-order valence-electron chi connectivity index (χ3n) is 5.52. The predicted octanol–water partition coefficient (Wildman–Crippen LogP) is 3.59. The Bertz CT molecular complexity index is 1100. The van der Waals surface area contributed by atoms with Crippen molar-refractivity contribution in [3.05, 3.63) is 59.5 Å². The average Bonchev–Trinajstić information content (AvgIpc) is 3.14. The molecule has 160 valence electrons. The molecule has 2 aliphatic rings. The summed E-state index contributed by atoms with van der Waals surface area (Å²) in [6.07, 6.45) is -1.16. The molecule has 7 nitrogen and oxygen atoms in total. The van der Waals surface area contributed by atoms with Gasteiger partial charge in [-0.05, 0) is 17.9 Å². The van der Waals surface area contributed by atoms with E-state index in [1.54, 1.807) is 43.3 Å². The van der Waals surface area contributed by atoms with Gasteiger partial charge in [0.05, 0.1) is 0 Å². The molecule has 0 radical (unpaired) electrons. The second kappa shape index (κ2) is 7.47. The highest BCUT2D eigenvalue weighted by Gasteiger charge is 2.70. The number of carboxylic acids is 1.